The van der Waals surface area contributed by atoms with Crippen LogP contribution in [0.3, 0.4) is 0 Å². The van der Waals surface area contributed by atoms with E-state index in [4.69, 9.17) is 11.6 Å². The molecule has 44 heavy (non-hydrogen) atoms. The van der Waals surface area contributed by atoms with Crippen LogP contribution in [0.1, 0.15) is 28.4 Å². The van der Waals surface area contributed by atoms with Gasteiger partial charge in [0, 0.05) is 21.2 Å². The lowest BCUT2D eigenvalue weighted by Crippen LogP contribution is -2.30. The van der Waals surface area contributed by atoms with Gasteiger partial charge in [-0.15, -0.1) is 11.8 Å². The maximum Gasteiger partial charge on any atom is 0.418 e. The van der Waals surface area contributed by atoms with Crippen molar-refractivity contribution in [2.24, 2.45) is 0 Å². The molecule has 0 aliphatic heterocycles. The summed E-state index contributed by atoms with van der Waals surface area (Å²) in [4.78, 5) is 39.4. The van der Waals surface area contributed by atoms with E-state index in [-0.39, 0.29) is 10.7 Å². The van der Waals surface area contributed by atoms with Crippen LogP contribution in [0.15, 0.2) is 108 Å². The summed E-state index contributed by atoms with van der Waals surface area (Å²) in [6.07, 6.45) is -3.33. The van der Waals surface area contributed by atoms with Gasteiger partial charge in [-0.3, -0.25) is 14.4 Å². The molecule has 0 bridgehead atoms. The number of hydrogen-bond acceptors (Lipinski definition) is 4. The third-order valence-electron chi connectivity index (χ3n) is 6.03. The quantitative estimate of drug-likeness (QED) is 0.0981. The largest absolute Gasteiger partial charge is 0.418 e. The number of anilines is 2. The molecular weight excluding hydrogens is 618 g/mol. The highest BCUT2D eigenvalue weighted by atomic mass is 35.5. The Morgan fingerprint density at radius 2 is 1.57 bits per heavy atom. The van der Waals surface area contributed by atoms with Crippen LogP contribution in [0.25, 0.3) is 6.08 Å². The minimum absolute atomic E-state index is 0.111. The van der Waals surface area contributed by atoms with Gasteiger partial charge in [0.2, 0.25) is 5.91 Å². The summed E-state index contributed by atoms with van der Waals surface area (Å²) in [6.45, 7) is 1.52. The fourth-order valence-electron chi connectivity index (χ4n) is 3.87. The van der Waals surface area contributed by atoms with Gasteiger partial charge in [0.1, 0.15) is 11.5 Å². The Morgan fingerprint density at radius 1 is 0.864 bits per heavy atom. The molecule has 0 heterocycles. The van der Waals surface area contributed by atoms with Crippen molar-refractivity contribution in [2.75, 3.05) is 10.6 Å². The molecule has 4 rings (SSSR count). The number of amides is 3. The highest BCUT2D eigenvalue weighted by Gasteiger charge is 2.34. The maximum absolute atomic E-state index is 13.4. The zero-order valence-corrected chi connectivity index (χ0v) is 24.5. The van der Waals surface area contributed by atoms with E-state index in [2.05, 4.69) is 16.0 Å². The first-order valence-corrected chi connectivity index (χ1v) is 14.2. The zero-order chi connectivity index (χ0) is 31.9. The van der Waals surface area contributed by atoms with Crippen molar-refractivity contribution < 1.29 is 31.9 Å². The first-order valence-electron chi connectivity index (χ1n) is 13.0. The summed E-state index contributed by atoms with van der Waals surface area (Å²) in [5, 5.41) is 6.65. The van der Waals surface area contributed by atoms with Crippen LogP contribution in [-0.4, -0.2) is 23.0 Å². The lowest BCUT2D eigenvalue weighted by molar-refractivity contribution is -0.137. The Hall–Kier alpha value is -4.61. The van der Waals surface area contributed by atoms with Gasteiger partial charge in [0.05, 0.1) is 16.5 Å². The summed E-state index contributed by atoms with van der Waals surface area (Å²) in [7, 11) is 0. The third-order valence-corrected chi connectivity index (χ3v) is 7.36. The van der Waals surface area contributed by atoms with Gasteiger partial charge in [-0.1, -0.05) is 48.0 Å². The van der Waals surface area contributed by atoms with Crippen LogP contribution >= 0.6 is 23.4 Å². The van der Waals surface area contributed by atoms with Gasteiger partial charge < -0.3 is 16.0 Å². The number of alkyl halides is 3. The van der Waals surface area contributed by atoms with E-state index in [1.807, 2.05) is 0 Å². The fraction of sp³-hybridized carbons (Fsp3) is 0.0938. The topological polar surface area (TPSA) is 87.3 Å². The summed E-state index contributed by atoms with van der Waals surface area (Å²) < 4.78 is 53.7. The normalized spacial score (nSPS) is 12.3. The Balaban J connectivity index is 1.48. The standard InChI is InChI=1S/C32H24ClF4N3O3S/c1-19(29(41)39-27-15-12-22(33)17-26(27)32(35,36)37)44-25-9-5-8-24(18-25)38-31(43)28(16-20-10-13-23(34)14-11-20)40-30(42)21-6-3-2-4-7-21/h2-19H,1H3,(H,38,43)(H,39,41)(H,40,42)/b28-16-. The zero-order valence-electron chi connectivity index (χ0n) is 22.9. The second-order valence-electron chi connectivity index (χ2n) is 9.35. The Labute approximate surface area is 259 Å². The van der Waals surface area contributed by atoms with E-state index in [0.717, 1.165) is 23.9 Å². The minimum atomic E-state index is -4.72. The van der Waals surface area contributed by atoms with Crippen molar-refractivity contribution in [1.29, 1.82) is 0 Å². The SMILES string of the molecule is CC(Sc1cccc(NC(=O)/C(=C/c2ccc(F)cc2)NC(=O)c2ccccc2)c1)C(=O)Nc1ccc(Cl)cc1C(F)(F)F. The van der Waals surface area contributed by atoms with Crippen LogP contribution in [0.2, 0.25) is 5.02 Å². The lowest BCUT2D eigenvalue weighted by Gasteiger charge is -2.17. The fourth-order valence-corrected chi connectivity index (χ4v) is 4.96. The van der Waals surface area contributed by atoms with Crippen molar-refractivity contribution in [1.82, 2.24) is 5.32 Å². The molecule has 226 valence electrons. The van der Waals surface area contributed by atoms with Crippen molar-refractivity contribution in [3.63, 3.8) is 0 Å². The van der Waals surface area contributed by atoms with Crippen molar-refractivity contribution >= 4 is 58.5 Å². The summed E-state index contributed by atoms with van der Waals surface area (Å²) in [5.41, 5.74) is -0.494. The number of carbonyl (C=O) groups excluding carboxylic acids is 3. The van der Waals surface area contributed by atoms with Crippen LogP contribution < -0.4 is 16.0 Å². The number of halogens is 5. The van der Waals surface area contributed by atoms with Crippen molar-refractivity contribution in [3.8, 4) is 0 Å². The maximum atomic E-state index is 13.4. The average Bonchev–Trinajstić information content (AvgIpc) is 2.98. The van der Waals surface area contributed by atoms with Crippen LogP contribution in [-0.2, 0) is 15.8 Å². The van der Waals surface area contributed by atoms with Gasteiger partial charge in [0.25, 0.3) is 11.8 Å². The van der Waals surface area contributed by atoms with Crippen LogP contribution in [0.5, 0.6) is 0 Å². The number of benzene rings is 4. The highest BCUT2D eigenvalue weighted by Crippen LogP contribution is 2.37. The summed E-state index contributed by atoms with van der Waals surface area (Å²) in [5.74, 6) is -2.35. The van der Waals surface area contributed by atoms with Gasteiger partial charge >= 0.3 is 6.18 Å². The van der Waals surface area contributed by atoms with Gasteiger partial charge in [0.15, 0.2) is 0 Å². The first-order chi connectivity index (χ1) is 20.9. The van der Waals surface area contributed by atoms with E-state index in [0.29, 0.717) is 21.7 Å². The molecule has 0 saturated carbocycles. The van der Waals surface area contributed by atoms with Crippen molar-refractivity contribution in [2.45, 2.75) is 23.2 Å². The molecule has 4 aromatic rings. The van der Waals surface area contributed by atoms with Gasteiger partial charge in [-0.05, 0) is 79.2 Å². The Bertz CT molecular complexity index is 1700. The van der Waals surface area contributed by atoms with E-state index in [1.165, 1.54) is 43.3 Å². The molecule has 12 heteroatoms. The number of carbonyl (C=O) groups is 3. The lowest BCUT2D eigenvalue weighted by atomic mass is 10.1. The van der Waals surface area contributed by atoms with E-state index in [1.54, 1.807) is 54.6 Å². The highest BCUT2D eigenvalue weighted by molar-refractivity contribution is 8.00. The van der Waals surface area contributed by atoms with E-state index < -0.39 is 46.2 Å². The molecule has 1 atom stereocenters. The number of rotatable bonds is 9. The molecule has 0 aliphatic carbocycles. The summed E-state index contributed by atoms with van der Waals surface area (Å²) in [6, 6.07) is 23.1. The third kappa shape index (κ3) is 8.95. The van der Waals surface area contributed by atoms with Crippen molar-refractivity contribution in [3.05, 3.63) is 130 Å². The van der Waals surface area contributed by atoms with Gasteiger partial charge in [-0.25, -0.2) is 4.39 Å². The molecule has 1 unspecified atom stereocenters. The molecule has 0 spiro atoms. The number of nitrogens with one attached hydrogen (secondary N) is 3. The van der Waals surface area contributed by atoms with E-state index in [9.17, 15) is 31.9 Å². The molecule has 3 N–H and O–H groups in total. The molecule has 0 saturated heterocycles. The molecule has 4 aromatic carbocycles. The minimum Gasteiger partial charge on any atom is -0.325 e. The number of hydrogen-bond donors (Lipinski definition) is 3. The smallest absolute Gasteiger partial charge is 0.325 e. The second-order valence-corrected chi connectivity index (χ2v) is 11.2. The van der Waals surface area contributed by atoms with E-state index >= 15 is 0 Å². The molecular formula is C32H24ClF4N3O3S. The molecule has 0 aliphatic rings. The molecule has 6 nitrogen and oxygen atoms in total. The first kappa shape index (κ1) is 32.3. The number of thioether (sulfide) groups is 1. The monoisotopic (exact) mass is 641 g/mol. The van der Waals surface area contributed by atoms with Crippen LogP contribution in [0.4, 0.5) is 28.9 Å². The second kappa shape index (κ2) is 14.2. The van der Waals surface area contributed by atoms with Crippen LogP contribution in [0, 0.1) is 5.82 Å². The predicted octanol–water partition coefficient (Wildman–Crippen LogP) is 8.03. The predicted molar refractivity (Wildman–Crippen MR) is 164 cm³/mol. The molecule has 3 amide bonds. The molecule has 0 fully saturated rings. The summed E-state index contributed by atoms with van der Waals surface area (Å²) >= 11 is 6.77. The Morgan fingerprint density at radius 3 is 2.25 bits per heavy atom. The molecule has 0 radical (unpaired) electrons. The molecule has 0 aromatic heterocycles. The van der Waals surface area contributed by atoms with Gasteiger partial charge in [-0.2, -0.15) is 13.2 Å². The average molecular weight is 642 g/mol. The Kier molecular flexibility index (Phi) is 10.5.